The third kappa shape index (κ3) is 5.52. The molecule has 33 heavy (non-hydrogen) atoms. The van der Waals surface area contributed by atoms with Crippen LogP contribution in [0.4, 0.5) is 11.6 Å². The van der Waals surface area contributed by atoms with Crippen LogP contribution in [0, 0.1) is 17.0 Å². The summed E-state index contributed by atoms with van der Waals surface area (Å²) in [7, 11) is 0. The molecule has 0 spiro atoms. The molecule has 0 aliphatic rings. The van der Waals surface area contributed by atoms with E-state index in [9.17, 15) is 14.9 Å². The Morgan fingerprint density at radius 1 is 1.15 bits per heavy atom. The molecule has 0 unspecified atom stereocenters. The highest BCUT2D eigenvalue weighted by atomic mass is 35.5. The number of benzene rings is 2. The number of hydrogen-bond donors (Lipinski definition) is 1. The highest BCUT2D eigenvalue weighted by Crippen LogP contribution is 2.28. The Morgan fingerprint density at radius 2 is 1.94 bits per heavy atom. The van der Waals surface area contributed by atoms with E-state index in [-0.39, 0.29) is 34.8 Å². The zero-order chi connectivity index (χ0) is 23.4. The van der Waals surface area contributed by atoms with Crippen LogP contribution < -0.4 is 10.1 Å². The van der Waals surface area contributed by atoms with Gasteiger partial charge in [-0.25, -0.2) is 14.3 Å². The summed E-state index contributed by atoms with van der Waals surface area (Å²) in [6.45, 7) is 2.50. The number of nitro groups is 1. The van der Waals surface area contributed by atoms with Gasteiger partial charge < -0.3 is 4.74 Å². The molecule has 0 fully saturated rings. The molecule has 1 N–H and O–H groups in total. The van der Waals surface area contributed by atoms with E-state index >= 15 is 0 Å². The summed E-state index contributed by atoms with van der Waals surface area (Å²) in [5.41, 5.74) is 2.24. The number of hydrogen-bond acceptors (Lipinski definition) is 7. The van der Waals surface area contributed by atoms with Crippen LogP contribution in [0.1, 0.15) is 21.6 Å². The molecule has 12 heteroatoms. The molecule has 0 radical (unpaired) electrons. The quantitative estimate of drug-likeness (QED) is 0.309. The predicted molar refractivity (Wildman–Crippen MR) is 119 cm³/mol. The van der Waals surface area contributed by atoms with E-state index in [0.717, 1.165) is 5.56 Å². The van der Waals surface area contributed by atoms with E-state index < -0.39 is 10.8 Å². The molecule has 0 atom stereocenters. The van der Waals surface area contributed by atoms with Crippen molar-refractivity contribution in [3.63, 3.8) is 0 Å². The Morgan fingerprint density at radius 3 is 2.67 bits per heavy atom. The summed E-state index contributed by atoms with van der Waals surface area (Å²) in [4.78, 5) is 26.8. The summed E-state index contributed by atoms with van der Waals surface area (Å²) in [5, 5.41) is 21.9. The van der Waals surface area contributed by atoms with Crippen molar-refractivity contribution < 1.29 is 14.5 Å². The number of anilines is 1. The average Bonchev–Trinajstić information content (AvgIpc) is 3.44. The number of nitrogens with one attached hydrogen (secondary N) is 1. The monoisotopic (exact) mass is 467 g/mol. The molecule has 0 saturated carbocycles. The Kier molecular flexibility index (Phi) is 6.31. The number of nitrogens with zero attached hydrogens (tertiary/aromatic N) is 6. The van der Waals surface area contributed by atoms with Crippen LogP contribution in [0.5, 0.6) is 5.75 Å². The first-order valence-corrected chi connectivity index (χ1v) is 10.1. The maximum Gasteiger partial charge on any atom is 0.278 e. The number of nitro benzene ring substituents is 1. The summed E-state index contributed by atoms with van der Waals surface area (Å²) < 4.78 is 8.53. The first kappa shape index (κ1) is 22.0. The van der Waals surface area contributed by atoms with Crippen LogP contribution in [0.2, 0.25) is 5.02 Å². The van der Waals surface area contributed by atoms with Gasteiger partial charge in [-0.1, -0.05) is 41.4 Å². The van der Waals surface area contributed by atoms with Crippen LogP contribution >= 0.6 is 11.6 Å². The van der Waals surface area contributed by atoms with E-state index in [1.54, 1.807) is 10.9 Å². The van der Waals surface area contributed by atoms with Gasteiger partial charge in [-0.15, -0.1) is 5.10 Å². The lowest BCUT2D eigenvalue weighted by molar-refractivity contribution is -0.384. The fourth-order valence-corrected chi connectivity index (χ4v) is 3.11. The number of amides is 1. The number of halogens is 1. The van der Waals surface area contributed by atoms with Crippen molar-refractivity contribution in [3.05, 3.63) is 93.0 Å². The zero-order valence-corrected chi connectivity index (χ0v) is 18.1. The number of carbonyl (C=O) groups is 1. The SMILES string of the molecule is Cc1ccc(Cn2cnc(NC(=O)c3ccn(COc4ccc([N+](=O)[O-])cc4Cl)n3)n2)cc1. The minimum absolute atomic E-state index is 0.0474. The average molecular weight is 468 g/mol. The van der Waals surface area contributed by atoms with E-state index in [4.69, 9.17) is 16.3 Å². The van der Waals surface area contributed by atoms with E-state index in [0.29, 0.717) is 6.54 Å². The molecule has 11 nitrogen and oxygen atoms in total. The van der Waals surface area contributed by atoms with E-state index in [1.807, 2.05) is 31.2 Å². The molecule has 168 valence electrons. The van der Waals surface area contributed by atoms with Crippen molar-refractivity contribution in [2.75, 3.05) is 5.32 Å². The molecule has 0 bridgehead atoms. The number of carbonyl (C=O) groups excluding carboxylic acids is 1. The predicted octanol–water partition coefficient (Wildman–Crippen LogP) is 3.68. The largest absolute Gasteiger partial charge is 0.470 e. The fourth-order valence-electron chi connectivity index (χ4n) is 2.88. The molecule has 2 aromatic carbocycles. The summed E-state index contributed by atoms with van der Waals surface area (Å²) in [6, 6.07) is 13.4. The number of non-ortho nitro benzene ring substituents is 1. The highest BCUT2D eigenvalue weighted by Gasteiger charge is 2.14. The van der Waals surface area contributed by atoms with Gasteiger partial charge >= 0.3 is 0 Å². The molecule has 0 aliphatic heterocycles. The standard InChI is InChI=1S/C21H18ClN7O4/c1-14-2-4-15(5-3-14)11-28-12-23-21(26-28)24-20(30)18-8-9-27(25-18)13-33-19-7-6-16(29(31)32)10-17(19)22/h2-10,12H,11,13H2,1H3,(H,24,26,30). The van der Waals surface area contributed by atoms with Crippen molar-refractivity contribution in [3.8, 4) is 5.75 Å². The second-order valence-corrected chi connectivity index (χ2v) is 7.50. The minimum atomic E-state index is -0.547. The van der Waals surface area contributed by atoms with Crippen LogP contribution in [0.3, 0.4) is 0 Å². The lowest BCUT2D eigenvalue weighted by Gasteiger charge is -2.07. The van der Waals surface area contributed by atoms with Gasteiger partial charge in [0.15, 0.2) is 12.4 Å². The molecule has 4 rings (SSSR count). The number of ether oxygens (including phenoxy) is 1. The molecule has 0 aliphatic carbocycles. The van der Waals surface area contributed by atoms with Crippen molar-refractivity contribution in [2.45, 2.75) is 20.2 Å². The Bertz CT molecular complexity index is 1300. The minimum Gasteiger partial charge on any atom is -0.470 e. The molecule has 1 amide bonds. The smallest absolute Gasteiger partial charge is 0.278 e. The number of rotatable bonds is 8. The van der Waals surface area contributed by atoms with Gasteiger partial charge in [-0.3, -0.25) is 20.2 Å². The van der Waals surface area contributed by atoms with Gasteiger partial charge in [-0.2, -0.15) is 5.10 Å². The van der Waals surface area contributed by atoms with Crippen LogP contribution in [0.25, 0.3) is 0 Å². The Hall–Kier alpha value is -4.25. The van der Waals surface area contributed by atoms with Crippen LogP contribution in [-0.2, 0) is 13.3 Å². The third-order valence-corrected chi connectivity index (χ3v) is 4.87. The van der Waals surface area contributed by atoms with Gasteiger partial charge in [0.2, 0.25) is 5.95 Å². The van der Waals surface area contributed by atoms with E-state index in [2.05, 4.69) is 20.5 Å². The van der Waals surface area contributed by atoms with Crippen molar-refractivity contribution >= 4 is 29.1 Å². The van der Waals surface area contributed by atoms with Crippen LogP contribution in [0.15, 0.2) is 61.1 Å². The first-order chi connectivity index (χ1) is 15.9. The third-order valence-electron chi connectivity index (χ3n) is 4.58. The lowest BCUT2D eigenvalue weighted by atomic mass is 10.1. The van der Waals surface area contributed by atoms with Gasteiger partial charge in [-0.05, 0) is 24.6 Å². The number of aryl methyl sites for hydroxylation is 1. The molecular weight excluding hydrogens is 450 g/mol. The Balaban J connectivity index is 1.33. The zero-order valence-electron chi connectivity index (χ0n) is 17.4. The second-order valence-electron chi connectivity index (χ2n) is 7.09. The van der Waals surface area contributed by atoms with Crippen molar-refractivity contribution in [1.29, 1.82) is 0 Å². The summed E-state index contributed by atoms with van der Waals surface area (Å²) >= 11 is 6.01. The Labute approximate surface area is 192 Å². The molecular formula is C21H18ClN7O4. The van der Waals surface area contributed by atoms with Gasteiger partial charge in [0, 0.05) is 18.3 Å². The molecule has 2 aromatic heterocycles. The summed E-state index contributed by atoms with van der Waals surface area (Å²) in [6.07, 6.45) is 3.09. The normalized spacial score (nSPS) is 10.7. The lowest BCUT2D eigenvalue weighted by Crippen LogP contribution is -2.15. The maximum absolute atomic E-state index is 12.5. The van der Waals surface area contributed by atoms with Crippen molar-refractivity contribution in [1.82, 2.24) is 24.5 Å². The first-order valence-electron chi connectivity index (χ1n) is 9.74. The fraction of sp³-hybridized carbons (Fsp3) is 0.143. The topological polar surface area (TPSA) is 130 Å². The van der Waals surface area contributed by atoms with Crippen LogP contribution in [-0.4, -0.2) is 35.4 Å². The van der Waals surface area contributed by atoms with E-state index in [1.165, 1.54) is 40.8 Å². The highest BCUT2D eigenvalue weighted by molar-refractivity contribution is 6.32. The van der Waals surface area contributed by atoms with Gasteiger partial charge in [0.25, 0.3) is 11.6 Å². The number of aromatic nitrogens is 5. The summed E-state index contributed by atoms with van der Waals surface area (Å²) in [5.74, 6) is -0.0575. The van der Waals surface area contributed by atoms with Crippen molar-refractivity contribution in [2.24, 2.45) is 0 Å². The second kappa shape index (κ2) is 9.49. The molecule has 2 heterocycles. The maximum atomic E-state index is 12.5. The van der Waals surface area contributed by atoms with Gasteiger partial charge in [0.1, 0.15) is 12.1 Å². The molecule has 4 aromatic rings. The molecule has 0 saturated heterocycles. The van der Waals surface area contributed by atoms with Gasteiger partial charge in [0.05, 0.1) is 16.5 Å².